The zero-order valence-electron chi connectivity index (χ0n) is 18.4. The van der Waals surface area contributed by atoms with Crippen molar-refractivity contribution in [1.82, 2.24) is 20.5 Å². The van der Waals surface area contributed by atoms with Gasteiger partial charge in [0.2, 0.25) is 17.7 Å². The van der Waals surface area contributed by atoms with E-state index in [0.29, 0.717) is 12.8 Å². The van der Waals surface area contributed by atoms with Crippen LogP contribution in [0.1, 0.15) is 18.4 Å². The van der Waals surface area contributed by atoms with Crippen LogP contribution in [0.25, 0.3) is 10.9 Å². The number of nitrogens with one attached hydrogen (secondary N) is 3. The first-order chi connectivity index (χ1) is 16.3. The quantitative estimate of drug-likeness (QED) is 0.208. The summed E-state index contributed by atoms with van der Waals surface area (Å²) in [6.07, 6.45) is 2.63. The number of amides is 3. The molecule has 4 atom stereocenters. The van der Waals surface area contributed by atoms with Crippen molar-refractivity contribution in [2.75, 3.05) is 18.9 Å². The van der Waals surface area contributed by atoms with E-state index in [0.717, 1.165) is 21.4 Å². The van der Waals surface area contributed by atoms with Crippen LogP contribution >= 0.6 is 12.6 Å². The highest BCUT2D eigenvalue weighted by Gasteiger charge is 2.38. The highest BCUT2D eigenvalue weighted by Crippen LogP contribution is 2.20. The maximum absolute atomic E-state index is 13.2. The third-order valence-electron chi connectivity index (χ3n) is 5.88. The van der Waals surface area contributed by atoms with E-state index in [2.05, 4.69) is 28.2 Å². The Morgan fingerprint density at radius 2 is 1.88 bits per heavy atom. The topological polar surface area (TPSA) is 178 Å². The van der Waals surface area contributed by atoms with Crippen molar-refractivity contribution in [2.45, 2.75) is 43.4 Å². The summed E-state index contributed by atoms with van der Waals surface area (Å²) < 4.78 is 0. The van der Waals surface area contributed by atoms with Gasteiger partial charge in [-0.3, -0.25) is 14.4 Å². The average Bonchev–Trinajstić information content (AvgIpc) is 3.48. The lowest BCUT2D eigenvalue weighted by molar-refractivity contribution is -0.150. The summed E-state index contributed by atoms with van der Waals surface area (Å²) in [5, 5.41) is 25.1. The summed E-state index contributed by atoms with van der Waals surface area (Å²) in [6.45, 7) is -0.508. The van der Waals surface area contributed by atoms with Gasteiger partial charge in [-0.25, -0.2) is 4.79 Å². The summed E-state index contributed by atoms with van der Waals surface area (Å²) in [5.41, 5.74) is 7.36. The molecular formula is C22H29N5O6S. The second-order valence-corrected chi connectivity index (χ2v) is 8.55. The molecule has 1 aliphatic rings. The van der Waals surface area contributed by atoms with Gasteiger partial charge in [0.15, 0.2) is 0 Å². The highest BCUT2D eigenvalue weighted by molar-refractivity contribution is 7.80. The first-order valence-electron chi connectivity index (χ1n) is 10.9. The number of aromatic nitrogens is 1. The van der Waals surface area contributed by atoms with E-state index in [-0.39, 0.29) is 18.7 Å². The van der Waals surface area contributed by atoms with E-state index in [1.54, 1.807) is 6.20 Å². The maximum Gasteiger partial charge on any atom is 0.326 e. The smallest absolute Gasteiger partial charge is 0.326 e. The van der Waals surface area contributed by atoms with Crippen molar-refractivity contribution in [3.05, 3.63) is 36.0 Å². The van der Waals surface area contributed by atoms with Gasteiger partial charge in [-0.05, 0) is 24.5 Å². The number of carbonyl (C=O) groups excluding carboxylic acids is 3. The molecule has 2 aromatic rings. The number of aromatic amines is 1. The number of aliphatic hydroxyl groups is 1. The SMILES string of the molecule is NC(CS)C(=O)NC(Cc1c[nH]c2ccccc12)C(=O)NC(CO)C(=O)N1CCCC1C(=O)O. The summed E-state index contributed by atoms with van der Waals surface area (Å²) in [7, 11) is 0. The molecule has 0 aliphatic carbocycles. The fourth-order valence-electron chi connectivity index (χ4n) is 4.04. The fraction of sp³-hybridized carbons (Fsp3) is 0.455. The minimum atomic E-state index is -1.35. The maximum atomic E-state index is 13.2. The number of thiol groups is 1. The van der Waals surface area contributed by atoms with Gasteiger partial charge in [-0.1, -0.05) is 18.2 Å². The van der Waals surface area contributed by atoms with Crippen molar-refractivity contribution in [2.24, 2.45) is 5.73 Å². The largest absolute Gasteiger partial charge is 0.480 e. The standard InChI is InChI=1S/C22H29N5O6S/c23-14(11-34)19(29)25-16(8-12-9-24-15-5-2-1-4-13(12)15)20(30)26-17(10-28)21(31)27-7-3-6-18(27)22(32)33/h1-2,4-5,9,14,16-18,24,28,34H,3,6-8,10-11,23H2,(H,25,29)(H,26,30)(H,32,33). The summed E-state index contributed by atoms with van der Waals surface area (Å²) in [5.74, 6) is -3.06. The minimum Gasteiger partial charge on any atom is -0.480 e. The molecule has 4 unspecified atom stereocenters. The molecular weight excluding hydrogens is 462 g/mol. The zero-order chi connectivity index (χ0) is 24.8. The van der Waals surface area contributed by atoms with Crippen LogP contribution < -0.4 is 16.4 Å². The first-order valence-corrected chi connectivity index (χ1v) is 11.6. The Kier molecular flexibility index (Phi) is 8.53. The number of hydrogen-bond donors (Lipinski definition) is 7. The number of carboxylic acids is 1. The number of para-hydroxylation sites is 1. The van der Waals surface area contributed by atoms with Crippen LogP contribution in [0.4, 0.5) is 0 Å². The lowest BCUT2D eigenvalue weighted by Crippen LogP contribution is -2.58. The average molecular weight is 492 g/mol. The highest BCUT2D eigenvalue weighted by atomic mass is 32.1. The molecule has 1 aromatic carbocycles. The number of benzene rings is 1. The molecule has 11 nitrogen and oxygen atoms in total. The molecule has 7 N–H and O–H groups in total. The summed E-state index contributed by atoms with van der Waals surface area (Å²) in [6, 6.07) is 3.04. The van der Waals surface area contributed by atoms with E-state index < -0.39 is 54.5 Å². The predicted molar refractivity (Wildman–Crippen MR) is 127 cm³/mol. The molecule has 2 heterocycles. The number of hydrogen-bond acceptors (Lipinski definition) is 7. The summed E-state index contributed by atoms with van der Waals surface area (Å²) >= 11 is 4.02. The van der Waals surface area contributed by atoms with Gasteiger partial charge in [0, 0.05) is 35.8 Å². The summed E-state index contributed by atoms with van der Waals surface area (Å²) in [4.78, 5) is 54.2. The van der Waals surface area contributed by atoms with Gasteiger partial charge in [-0.15, -0.1) is 0 Å². The van der Waals surface area contributed by atoms with Crippen LogP contribution in [-0.4, -0.2) is 86.9 Å². The van der Waals surface area contributed by atoms with Crippen molar-refractivity contribution < 1.29 is 29.4 Å². The van der Waals surface area contributed by atoms with Crippen molar-refractivity contribution in [3.63, 3.8) is 0 Å². The molecule has 34 heavy (non-hydrogen) atoms. The second-order valence-electron chi connectivity index (χ2n) is 8.19. The van der Waals surface area contributed by atoms with Gasteiger partial charge in [0.1, 0.15) is 18.1 Å². The molecule has 3 amide bonds. The van der Waals surface area contributed by atoms with Gasteiger partial charge in [0.25, 0.3) is 0 Å². The zero-order valence-corrected chi connectivity index (χ0v) is 19.3. The number of nitrogens with two attached hydrogens (primary N) is 1. The van der Waals surface area contributed by atoms with Crippen LogP contribution in [0.5, 0.6) is 0 Å². The minimum absolute atomic E-state index is 0.0660. The van der Waals surface area contributed by atoms with Crippen LogP contribution in [0, 0.1) is 0 Å². The third kappa shape index (κ3) is 5.69. The Morgan fingerprint density at radius 1 is 1.18 bits per heavy atom. The van der Waals surface area contributed by atoms with E-state index in [4.69, 9.17) is 5.73 Å². The van der Waals surface area contributed by atoms with Gasteiger partial charge >= 0.3 is 5.97 Å². The van der Waals surface area contributed by atoms with E-state index in [9.17, 15) is 29.4 Å². The Morgan fingerprint density at radius 3 is 2.56 bits per heavy atom. The van der Waals surface area contributed by atoms with E-state index in [1.165, 1.54) is 0 Å². The molecule has 0 bridgehead atoms. The number of aliphatic carboxylic acids is 1. The van der Waals surface area contributed by atoms with Crippen LogP contribution in [-0.2, 0) is 25.6 Å². The molecule has 0 spiro atoms. The number of carbonyl (C=O) groups is 4. The molecule has 0 radical (unpaired) electrons. The number of rotatable bonds is 10. The predicted octanol–water partition coefficient (Wildman–Crippen LogP) is -0.995. The van der Waals surface area contributed by atoms with Gasteiger partial charge in [0.05, 0.1) is 12.6 Å². The molecule has 1 aromatic heterocycles. The number of fused-ring (bicyclic) bond motifs is 1. The Bertz CT molecular complexity index is 1060. The molecule has 1 saturated heterocycles. The Balaban J connectivity index is 1.79. The van der Waals surface area contributed by atoms with Crippen LogP contribution in [0.3, 0.4) is 0 Å². The number of H-pyrrole nitrogens is 1. The van der Waals surface area contributed by atoms with Crippen LogP contribution in [0.2, 0.25) is 0 Å². The van der Waals surface area contributed by atoms with Crippen molar-refractivity contribution in [1.29, 1.82) is 0 Å². The number of nitrogens with zero attached hydrogens (tertiary/aromatic N) is 1. The first kappa shape index (κ1) is 25.5. The van der Waals surface area contributed by atoms with Crippen molar-refractivity contribution in [3.8, 4) is 0 Å². The van der Waals surface area contributed by atoms with E-state index >= 15 is 0 Å². The molecule has 1 fully saturated rings. The molecule has 0 saturated carbocycles. The number of likely N-dealkylation sites (tertiary alicyclic amines) is 1. The molecule has 1 aliphatic heterocycles. The molecule has 184 valence electrons. The van der Waals surface area contributed by atoms with E-state index in [1.807, 2.05) is 24.3 Å². The lowest BCUT2D eigenvalue weighted by Gasteiger charge is -2.28. The van der Waals surface area contributed by atoms with Gasteiger partial charge in [-0.2, -0.15) is 12.6 Å². The fourth-order valence-corrected chi connectivity index (χ4v) is 4.20. The number of carboxylic acid groups (broad SMARTS) is 1. The monoisotopic (exact) mass is 491 g/mol. The molecule has 3 rings (SSSR count). The second kappa shape index (κ2) is 11.4. The number of aliphatic hydroxyl groups excluding tert-OH is 1. The Hall–Kier alpha value is -3.09. The Labute approximate surface area is 201 Å². The normalized spacial score (nSPS) is 18.3. The lowest BCUT2D eigenvalue weighted by atomic mass is 10.0. The molecule has 12 heteroatoms. The third-order valence-corrected chi connectivity index (χ3v) is 6.28. The van der Waals surface area contributed by atoms with Crippen molar-refractivity contribution >= 4 is 47.2 Å². The van der Waals surface area contributed by atoms with Gasteiger partial charge < -0.3 is 36.5 Å². The van der Waals surface area contributed by atoms with Crippen LogP contribution in [0.15, 0.2) is 30.5 Å².